The van der Waals surface area contributed by atoms with E-state index in [1.165, 1.54) is 24.3 Å². The van der Waals surface area contributed by atoms with Gasteiger partial charge in [-0.1, -0.05) is 12.1 Å². The zero-order valence-corrected chi connectivity index (χ0v) is 16.1. The summed E-state index contributed by atoms with van der Waals surface area (Å²) < 4.78 is 23.6. The fraction of sp³-hybridized carbons (Fsp3) is 0.333. The maximum atomic E-state index is 12.9. The van der Waals surface area contributed by atoms with Gasteiger partial charge in [-0.15, -0.1) is 0 Å². The van der Waals surface area contributed by atoms with Gasteiger partial charge >= 0.3 is 12.1 Å². The predicted octanol–water partition coefficient (Wildman–Crippen LogP) is 4.52. The highest BCUT2D eigenvalue weighted by atomic mass is 19.1. The Morgan fingerprint density at radius 3 is 2.55 bits per heavy atom. The van der Waals surface area contributed by atoms with E-state index in [0.29, 0.717) is 23.5 Å². The Bertz CT molecular complexity index is 844. The van der Waals surface area contributed by atoms with Crippen LogP contribution in [-0.2, 0) is 4.74 Å². The largest absolute Gasteiger partial charge is 0.495 e. The summed E-state index contributed by atoms with van der Waals surface area (Å²) in [5.41, 5.74) is 1.04. The minimum absolute atomic E-state index is 0.109. The number of carbonyl (C=O) groups is 2. The molecule has 1 aliphatic carbocycles. The lowest BCUT2D eigenvalue weighted by Gasteiger charge is -2.29. The second-order valence-corrected chi connectivity index (χ2v) is 6.82. The van der Waals surface area contributed by atoms with E-state index in [4.69, 9.17) is 9.47 Å². The highest BCUT2D eigenvalue weighted by Gasteiger charge is 2.26. The lowest BCUT2D eigenvalue weighted by atomic mass is 9.93. The third kappa shape index (κ3) is 6.10. The van der Waals surface area contributed by atoms with Gasteiger partial charge in [0.1, 0.15) is 17.7 Å². The van der Waals surface area contributed by atoms with Crippen molar-refractivity contribution in [3.8, 4) is 5.75 Å². The molecule has 1 fully saturated rings. The summed E-state index contributed by atoms with van der Waals surface area (Å²) in [6, 6.07) is 12.1. The standard InChI is InChI=1S/C21H24FN3O4/c1-28-19-8-3-2-7-18(19)25-20(26)23-16-5-4-6-17(13-16)29-21(27)24-15-11-9-14(22)10-12-15/h2-3,7-12,16-17H,4-6,13H2,1H3,(H,24,27)(H2,23,25,26)/t16-,17-/m1/s1. The van der Waals surface area contributed by atoms with Crippen LogP contribution in [0.3, 0.4) is 0 Å². The van der Waals surface area contributed by atoms with Crippen molar-refractivity contribution >= 4 is 23.5 Å². The zero-order chi connectivity index (χ0) is 20.6. The molecule has 3 N–H and O–H groups in total. The molecule has 1 saturated carbocycles. The van der Waals surface area contributed by atoms with Crippen molar-refractivity contribution in [1.82, 2.24) is 5.32 Å². The van der Waals surface area contributed by atoms with Gasteiger partial charge in [0.25, 0.3) is 0 Å². The van der Waals surface area contributed by atoms with Crippen LogP contribution in [0.1, 0.15) is 25.7 Å². The van der Waals surface area contributed by atoms with Gasteiger partial charge in [-0.3, -0.25) is 5.32 Å². The normalized spacial score (nSPS) is 18.4. The predicted molar refractivity (Wildman–Crippen MR) is 108 cm³/mol. The van der Waals surface area contributed by atoms with E-state index < -0.39 is 6.09 Å². The van der Waals surface area contributed by atoms with Gasteiger partial charge in [-0.05, 0) is 55.7 Å². The van der Waals surface area contributed by atoms with E-state index in [0.717, 1.165) is 19.3 Å². The van der Waals surface area contributed by atoms with E-state index in [-0.39, 0.29) is 24.0 Å². The third-order valence-electron chi connectivity index (χ3n) is 4.68. The van der Waals surface area contributed by atoms with E-state index in [1.54, 1.807) is 19.2 Å². The molecule has 1 aliphatic rings. The molecule has 3 amide bonds. The third-order valence-corrected chi connectivity index (χ3v) is 4.68. The first-order valence-electron chi connectivity index (χ1n) is 9.47. The van der Waals surface area contributed by atoms with E-state index in [2.05, 4.69) is 16.0 Å². The number of halogens is 1. The monoisotopic (exact) mass is 401 g/mol. The Morgan fingerprint density at radius 1 is 1.03 bits per heavy atom. The van der Waals surface area contributed by atoms with Gasteiger partial charge in [-0.2, -0.15) is 0 Å². The van der Waals surface area contributed by atoms with Gasteiger partial charge in [0.05, 0.1) is 12.8 Å². The topological polar surface area (TPSA) is 88.7 Å². The lowest BCUT2D eigenvalue weighted by Crippen LogP contribution is -2.43. The van der Waals surface area contributed by atoms with Crippen LogP contribution in [0.4, 0.5) is 25.4 Å². The number of rotatable bonds is 5. The van der Waals surface area contributed by atoms with Gasteiger partial charge < -0.3 is 20.1 Å². The smallest absolute Gasteiger partial charge is 0.411 e. The van der Waals surface area contributed by atoms with Crippen molar-refractivity contribution in [3.63, 3.8) is 0 Å². The molecule has 0 radical (unpaired) electrons. The highest BCUT2D eigenvalue weighted by molar-refractivity contribution is 5.91. The van der Waals surface area contributed by atoms with Crippen LogP contribution >= 0.6 is 0 Å². The number of benzene rings is 2. The van der Waals surface area contributed by atoms with Crippen molar-refractivity contribution in [2.75, 3.05) is 17.7 Å². The first kappa shape index (κ1) is 20.4. The molecule has 0 unspecified atom stereocenters. The first-order valence-corrected chi connectivity index (χ1v) is 9.47. The second-order valence-electron chi connectivity index (χ2n) is 6.82. The summed E-state index contributed by atoms with van der Waals surface area (Å²) in [6.07, 6.45) is 1.98. The molecular formula is C21H24FN3O4. The number of ether oxygens (including phenoxy) is 2. The average molecular weight is 401 g/mol. The first-order chi connectivity index (χ1) is 14.0. The Morgan fingerprint density at radius 2 is 1.79 bits per heavy atom. The molecule has 29 heavy (non-hydrogen) atoms. The van der Waals surface area contributed by atoms with Crippen LogP contribution in [0, 0.1) is 5.82 Å². The fourth-order valence-electron chi connectivity index (χ4n) is 3.31. The van der Waals surface area contributed by atoms with Crippen molar-refractivity contribution < 1.29 is 23.5 Å². The summed E-state index contributed by atoms with van der Waals surface area (Å²) in [4.78, 5) is 24.4. The SMILES string of the molecule is COc1ccccc1NC(=O)N[C@@H]1CCC[C@@H](OC(=O)Nc2ccc(F)cc2)C1. The number of methoxy groups -OCH3 is 1. The summed E-state index contributed by atoms with van der Waals surface area (Å²) in [5, 5.41) is 8.27. The highest BCUT2D eigenvalue weighted by Crippen LogP contribution is 2.24. The summed E-state index contributed by atoms with van der Waals surface area (Å²) in [7, 11) is 1.54. The van der Waals surface area contributed by atoms with Crippen LogP contribution in [0.2, 0.25) is 0 Å². The number of anilines is 2. The van der Waals surface area contributed by atoms with Crippen molar-refractivity contribution in [2.45, 2.75) is 37.8 Å². The van der Waals surface area contributed by atoms with Gasteiger partial charge in [-0.25, -0.2) is 14.0 Å². The van der Waals surface area contributed by atoms with Gasteiger partial charge in [0, 0.05) is 18.2 Å². The van der Waals surface area contributed by atoms with Crippen LogP contribution in [0.15, 0.2) is 48.5 Å². The quantitative estimate of drug-likeness (QED) is 0.687. The van der Waals surface area contributed by atoms with E-state index >= 15 is 0 Å². The Balaban J connectivity index is 1.47. The van der Waals surface area contributed by atoms with Crippen molar-refractivity contribution in [2.24, 2.45) is 0 Å². The Kier molecular flexibility index (Phi) is 6.89. The average Bonchev–Trinajstić information content (AvgIpc) is 2.70. The van der Waals surface area contributed by atoms with E-state index in [1.807, 2.05) is 12.1 Å². The van der Waals surface area contributed by atoms with Crippen molar-refractivity contribution in [3.05, 3.63) is 54.3 Å². The minimum Gasteiger partial charge on any atom is -0.495 e. The molecule has 0 aromatic heterocycles. The molecular weight excluding hydrogens is 377 g/mol. The molecule has 2 aromatic carbocycles. The number of carbonyl (C=O) groups excluding carboxylic acids is 2. The fourth-order valence-corrected chi connectivity index (χ4v) is 3.31. The van der Waals surface area contributed by atoms with Crippen LogP contribution in [0.25, 0.3) is 0 Å². The number of hydrogen-bond donors (Lipinski definition) is 3. The summed E-state index contributed by atoms with van der Waals surface area (Å²) in [6.45, 7) is 0. The van der Waals surface area contributed by atoms with Crippen molar-refractivity contribution in [1.29, 1.82) is 0 Å². The number of hydrogen-bond acceptors (Lipinski definition) is 4. The maximum absolute atomic E-state index is 12.9. The van der Waals surface area contributed by atoms with Gasteiger partial charge in [0.15, 0.2) is 0 Å². The molecule has 0 aliphatic heterocycles. The number of nitrogens with one attached hydrogen (secondary N) is 3. The lowest BCUT2D eigenvalue weighted by molar-refractivity contribution is 0.0779. The zero-order valence-electron chi connectivity index (χ0n) is 16.1. The van der Waals surface area contributed by atoms with E-state index in [9.17, 15) is 14.0 Å². The number of amides is 3. The van der Waals surface area contributed by atoms with Crippen LogP contribution < -0.4 is 20.7 Å². The number of urea groups is 1. The molecule has 154 valence electrons. The minimum atomic E-state index is -0.597. The molecule has 8 heteroatoms. The molecule has 0 spiro atoms. The number of para-hydroxylation sites is 2. The molecule has 7 nitrogen and oxygen atoms in total. The van der Waals surface area contributed by atoms with Crippen LogP contribution in [-0.4, -0.2) is 31.4 Å². The molecule has 2 aromatic rings. The maximum Gasteiger partial charge on any atom is 0.411 e. The molecule has 2 atom stereocenters. The Hall–Kier alpha value is -3.29. The molecule has 0 bridgehead atoms. The molecule has 3 rings (SSSR count). The second kappa shape index (κ2) is 9.77. The van der Waals surface area contributed by atoms with Gasteiger partial charge in [0.2, 0.25) is 0 Å². The molecule has 0 saturated heterocycles. The Labute approximate surface area is 168 Å². The van der Waals surface area contributed by atoms with Crippen LogP contribution in [0.5, 0.6) is 5.75 Å². The summed E-state index contributed by atoms with van der Waals surface area (Å²) in [5.74, 6) is 0.196. The molecule has 0 heterocycles. The summed E-state index contributed by atoms with van der Waals surface area (Å²) >= 11 is 0.